The number of piperidine rings is 1. The highest BCUT2D eigenvalue weighted by Gasteiger charge is 2.23. The molecular weight excluding hydrogens is 364 g/mol. The van der Waals surface area contributed by atoms with Crippen LogP contribution in [0.4, 0.5) is 11.8 Å². The molecule has 2 aromatic heterocycles. The van der Waals surface area contributed by atoms with E-state index in [0.717, 1.165) is 63.5 Å². The summed E-state index contributed by atoms with van der Waals surface area (Å²) in [6.45, 7) is 4.78. The van der Waals surface area contributed by atoms with E-state index in [0.29, 0.717) is 12.0 Å². The Morgan fingerprint density at radius 3 is 2.69 bits per heavy atom. The largest absolute Gasteiger partial charge is 0.368 e. The number of hydrogen-bond acceptors (Lipinski definition) is 7. The van der Waals surface area contributed by atoms with Crippen LogP contribution < -0.4 is 10.6 Å². The fourth-order valence-electron chi connectivity index (χ4n) is 4.38. The minimum absolute atomic E-state index is 0.325. The summed E-state index contributed by atoms with van der Waals surface area (Å²) in [6, 6.07) is 11.0. The molecule has 0 atom stereocenters. The Labute approximate surface area is 170 Å². The third-order valence-corrected chi connectivity index (χ3v) is 5.98. The van der Waals surface area contributed by atoms with E-state index in [1.165, 1.54) is 11.1 Å². The maximum Gasteiger partial charge on any atom is 0.221 e. The molecule has 1 aromatic carbocycles. The smallest absolute Gasteiger partial charge is 0.221 e. The van der Waals surface area contributed by atoms with Crippen molar-refractivity contribution in [3.63, 3.8) is 0 Å². The van der Waals surface area contributed by atoms with E-state index >= 15 is 0 Å². The van der Waals surface area contributed by atoms with Crippen LogP contribution in [0.3, 0.4) is 0 Å². The lowest BCUT2D eigenvalue weighted by Gasteiger charge is -2.32. The maximum atomic E-state index is 5.71. The Hall–Kier alpha value is -3.00. The highest BCUT2D eigenvalue weighted by molar-refractivity contribution is 5.41. The van der Waals surface area contributed by atoms with Crippen LogP contribution in [0.25, 0.3) is 0 Å². The molecule has 0 unspecified atom stereocenters. The zero-order valence-corrected chi connectivity index (χ0v) is 16.5. The second-order valence-electron chi connectivity index (χ2n) is 7.91. The number of nitrogens with two attached hydrogens (primary N) is 1. The minimum atomic E-state index is 0.325. The summed E-state index contributed by atoms with van der Waals surface area (Å²) in [5, 5.41) is 8.89. The van der Waals surface area contributed by atoms with Gasteiger partial charge in [-0.05, 0) is 36.5 Å². The van der Waals surface area contributed by atoms with Crippen LogP contribution in [-0.2, 0) is 19.5 Å². The quantitative estimate of drug-likeness (QED) is 0.729. The second kappa shape index (κ2) is 7.79. The van der Waals surface area contributed by atoms with Crippen LogP contribution >= 0.6 is 0 Å². The molecule has 29 heavy (non-hydrogen) atoms. The monoisotopic (exact) mass is 390 g/mol. The second-order valence-corrected chi connectivity index (χ2v) is 7.91. The molecule has 2 aliphatic rings. The Bertz CT molecular complexity index is 976. The van der Waals surface area contributed by atoms with Crippen molar-refractivity contribution in [3.8, 4) is 0 Å². The van der Waals surface area contributed by atoms with Crippen LogP contribution in [0.5, 0.6) is 0 Å². The maximum absolute atomic E-state index is 5.71. The third-order valence-electron chi connectivity index (χ3n) is 5.98. The van der Waals surface area contributed by atoms with Gasteiger partial charge in [-0.2, -0.15) is 4.98 Å². The molecule has 0 radical (unpaired) electrons. The van der Waals surface area contributed by atoms with Gasteiger partial charge in [-0.3, -0.25) is 4.90 Å². The Kier molecular flexibility index (Phi) is 4.85. The number of nitrogen functional groups attached to an aromatic ring is 1. The van der Waals surface area contributed by atoms with Crippen molar-refractivity contribution in [3.05, 3.63) is 59.5 Å². The Morgan fingerprint density at radius 1 is 1.03 bits per heavy atom. The van der Waals surface area contributed by atoms with E-state index in [1.54, 1.807) is 6.20 Å². The van der Waals surface area contributed by atoms with Gasteiger partial charge in [0.25, 0.3) is 0 Å². The SMILES string of the molecule is Nc1nccc(N2CCC(n3cc(CN4CCc5ccccc5C4)nn3)CC2)n1. The van der Waals surface area contributed by atoms with E-state index < -0.39 is 0 Å². The highest BCUT2D eigenvalue weighted by atomic mass is 15.4. The van der Waals surface area contributed by atoms with Gasteiger partial charge in [0.15, 0.2) is 0 Å². The molecule has 2 aliphatic heterocycles. The van der Waals surface area contributed by atoms with E-state index in [1.807, 2.05) is 6.07 Å². The highest BCUT2D eigenvalue weighted by Crippen LogP contribution is 2.25. The van der Waals surface area contributed by atoms with Crippen molar-refractivity contribution in [2.24, 2.45) is 0 Å². The first-order valence-corrected chi connectivity index (χ1v) is 10.3. The van der Waals surface area contributed by atoms with Crippen molar-refractivity contribution in [1.29, 1.82) is 0 Å². The van der Waals surface area contributed by atoms with Crippen molar-refractivity contribution >= 4 is 11.8 Å². The number of aromatic nitrogens is 5. The molecule has 150 valence electrons. The topological polar surface area (TPSA) is 89.0 Å². The molecule has 2 N–H and O–H groups in total. The lowest BCUT2D eigenvalue weighted by molar-refractivity contribution is 0.242. The minimum Gasteiger partial charge on any atom is -0.368 e. The first kappa shape index (κ1) is 18.1. The molecule has 0 saturated carbocycles. The average molecular weight is 390 g/mol. The molecular formula is C21H26N8. The molecule has 0 spiro atoms. The van der Waals surface area contributed by atoms with Gasteiger partial charge < -0.3 is 10.6 Å². The average Bonchev–Trinajstić information content (AvgIpc) is 3.22. The first-order chi connectivity index (χ1) is 14.2. The molecule has 1 fully saturated rings. The summed E-state index contributed by atoms with van der Waals surface area (Å²) < 4.78 is 2.05. The van der Waals surface area contributed by atoms with Crippen LogP contribution in [-0.4, -0.2) is 49.5 Å². The van der Waals surface area contributed by atoms with E-state index in [4.69, 9.17) is 5.73 Å². The molecule has 0 aliphatic carbocycles. The Balaban J connectivity index is 1.18. The van der Waals surface area contributed by atoms with Gasteiger partial charge in [0.1, 0.15) is 5.82 Å². The summed E-state index contributed by atoms with van der Waals surface area (Å²) in [5.41, 5.74) is 9.68. The van der Waals surface area contributed by atoms with Crippen LogP contribution in [0.2, 0.25) is 0 Å². The lowest BCUT2D eigenvalue weighted by atomic mass is 10.00. The van der Waals surface area contributed by atoms with Gasteiger partial charge in [-0.15, -0.1) is 5.10 Å². The van der Waals surface area contributed by atoms with Gasteiger partial charge in [0.05, 0.1) is 17.9 Å². The molecule has 0 amide bonds. The molecule has 1 saturated heterocycles. The van der Waals surface area contributed by atoms with Crippen LogP contribution in [0.1, 0.15) is 35.7 Å². The predicted molar refractivity (Wildman–Crippen MR) is 111 cm³/mol. The Morgan fingerprint density at radius 2 is 1.86 bits per heavy atom. The zero-order chi connectivity index (χ0) is 19.6. The van der Waals surface area contributed by atoms with Gasteiger partial charge >= 0.3 is 0 Å². The van der Waals surface area contributed by atoms with Crippen molar-refractivity contribution in [1.82, 2.24) is 29.9 Å². The van der Waals surface area contributed by atoms with Crippen molar-refractivity contribution in [2.45, 2.75) is 38.4 Å². The number of fused-ring (bicyclic) bond motifs is 1. The summed E-state index contributed by atoms with van der Waals surface area (Å²) in [7, 11) is 0. The number of nitrogens with zero attached hydrogens (tertiary/aromatic N) is 7. The van der Waals surface area contributed by atoms with Gasteiger partial charge in [-0.1, -0.05) is 29.5 Å². The molecule has 3 aromatic rings. The van der Waals surface area contributed by atoms with Crippen LogP contribution in [0.15, 0.2) is 42.7 Å². The molecule has 8 nitrogen and oxygen atoms in total. The first-order valence-electron chi connectivity index (χ1n) is 10.3. The fourth-order valence-corrected chi connectivity index (χ4v) is 4.38. The standard InChI is InChI=1S/C21H26N8/c22-21-23-9-5-20(24-21)28-11-7-19(8-12-28)29-15-18(25-26-29)14-27-10-6-16-3-1-2-4-17(16)13-27/h1-5,9,15,19H,6-8,10-14H2,(H2,22,23,24). The van der Waals surface area contributed by atoms with Gasteiger partial charge in [-0.25, -0.2) is 9.67 Å². The fraction of sp³-hybridized carbons (Fsp3) is 0.429. The molecule has 5 rings (SSSR count). The number of rotatable bonds is 4. The zero-order valence-electron chi connectivity index (χ0n) is 16.5. The molecule has 4 heterocycles. The van der Waals surface area contributed by atoms with Crippen LogP contribution in [0, 0.1) is 0 Å². The summed E-state index contributed by atoms with van der Waals surface area (Å²) in [5.74, 6) is 1.23. The van der Waals surface area contributed by atoms with Crippen molar-refractivity contribution < 1.29 is 0 Å². The summed E-state index contributed by atoms with van der Waals surface area (Å²) in [6.07, 6.45) is 6.99. The third kappa shape index (κ3) is 3.93. The van der Waals surface area contributed by atoms with E-state index in [-0.39, 0.29) is 0 Å². The predicted octanol–water partition coefficient (Wildman–Crippen LogP) is 2.05. The van der Waals surface area contributed by atoms with Gasteiger partial charge in [0.2, 0.25) is 5.95 Å². The molecule has 8 heteroatoms. The van der Waals surface area contributed by atoms with Crippen molar-refractivity contribution in [2.75, 3.05) is 30.3 Å². The molecule has 0 bridgehead atoms. The number of benzene rings is 1. The number of hydrogen-bond donors (Lipinski definition) is 1. The normalized spacial score (nSPS) is 18.0. The lowest BCUT2D eigenvalue weighted by Crippen LogP contribution is -2.35. The number of anilines is 2. The van der Waals surface area contributed by atoms with E-state index in [2.05, 4.69) is 65.2 Å². The summed E-state index contributed by atoms with van der Waals surface area (Å²) in [4.78, 5) is 13.0. The summed E-state index contributed by atoms with van der Waals surface area (Å²) >= 11 is 0. The van der Waals surface area contributed by atoms with Gasteiger partial charge in [0, 0.05) is 38.9 Å². The van der Waals surface area contributed by atoms with E-state index in [9.17, 15) is 0 Å².